The molecule has 2 N–H and O–H groups in total. The average molecular weight is 264 g/mol. The maximum atomic E-state index is 11.6. The first-order valence-electron chi connectivity index (χ1n) is 6.80. The molecule has 1 aliphatic heterocycles. The van der Waals surface area contributed by atoms with Gasteiger partial charge in [-0.15, -0.1) is 0 Å². The van der Waals surface area contributed by atoms with Gasteiger partial charge in [0, 0.05) is 23.8 Å². The molecule has 0 unspecified atom stereocenters. The molecule has 2 aliphatic carbocycles. The van der Waals surface area contributed by atoms with Crippen LogP contribution in [0.1, 0.15) is 26.7 Å². The SMILES string of the molecule is C=C1C(=O)O[C@H]2C=C(C)[C@@H]3[C@@H](C[C@@H]12)[C@](C)(O)C[C@@H]3O. The summed E-state index contributed by atoms with van der Waals surface area (Å²) >= 11 is 0. The number of aliphatic hydroxyl groups excluding tert-OH is 1. The molecule has 0 aromatic rings. The van der Waals surface area contributed by atoms with Crippen molar-refractivity contribution in [3.63, 3.8) is 0 Å². The van der Waals surface area contributed by atoms with Crippen molar-refractivity contribution >= 4 is 5.97 Å². The number of carbonyl (C=O) groups is 1. The second-order valence-corrected chi connectivity index (χ2v) is 6.41. The molecule has 19 heavy (non-hydrogen) atoms. The molecule has 104 valence electrons. The lowest BCUT2D eigenvalue weighted by Gasteiger charge is -2.30. The Balaban J connectivity index is 2.01. The molecule has 4 nitrogen and oxygen atoms in total. The van der Waals surface area contributed by atoms with Crippen molar-refractivity contribution in [3.05, 3.63) is 23.8 Å². The second kappa shape index (κ2) is 3.93. The van der Waals surface area contributed by atoms with E-state index in [2.05, 4.69) is 6.58 Å². The molecule has 0 aromatic heterocycles. The first-order valence-corrected chi connectivity index (χ1v) is 6.80. The Bertz CT molecular complexity index is 477. The van der Waals surface area contributed by atoms with Crippen LogP contribution < -0.4 is 0 Å². The summed E-state index contributed by atoms with van der Waals surface area (Å²) in [6.07, 6.45) is 2.13. The maximum absolute atomic E-state index is 11.6. The minimum atomic E-state index is -0.903. The van der Waals surface area contributed by atoms with Gasteiger partial charge in [0.1, 0.15) is 6.10 Å². The molecule has 0 spiro atoms. The van der Waals surface area contributed by atoms with Gasteiger partial charge in [-0.3, -0.25) is 0 Å². The summed E-state index contributed by atoms with van der Waals surface area (Å²) in [5.41, 5.74) is 0.595. The molecule has 0 radical (unpaired) electrons. The summed E-state index contributed by atoms with van der Waals surface area (Å²) in [7, 11) is 0. The number of fused-ring (bicyclic) bond motifs is 2. The van der Waals surface area contributed by atoms with Gasteiger partial charge >= 0.3 is 5.97 Å². The average Bonchev–Trinajstić information content (AvgIpc) is 2.61. The number of carbonyl (C=O) groups excluding carboxylic acids is 1. The van der Waals surface area contributed by atoms with Crippen molar-refractivity contribution in [2.45, 2.75) is 44.5 Å². The van der Waals surface area contributed by atoms with Crippen molar-refractivity contribution in [2.24, 2.45) is 17.8 Å². The number of ether oxygens (including phenoxy) is 1. The van der Waals surface area contributed by atoms with E-state index in [4.69, 9.17) is 4.74 Å². The van der Waals surface area contributed by atoms with E-state index in [1.807, 2.05) is 13.0 Å². The van der Waals surface area contributed by atoms with E-state index in [-0.39, 0.29) is 29.8 Å². The van der Waals surface area contributed by atoms with Crippen LogP contribution in [0.15, 0.2) is 23.8 Å². The Morgan fingerprint density at radius 3 is 2.89 bits per heavy atom. The number of esters is 1. The molecule has 2 fully saturated rings. The molecule has 1 saturated carbocycles. The lowest BCUT2D eigenvalue weighted by atomic mass is 9.78. The molecule has 4 heteroatoms. The minimum Gasteiger partial charge on any atom is -0.454 e. The highest BCUT2D eigenvalue weighted by atomic mass is 16.5. The van der Waals surface area contributed by atoms with Crippen LogP contribution >= 0.6 is 0 Å². The zero-order valence-electron chi connectivity index (χ0n) is 11.3. The normalized spacial score (nSPS) is 49.3. The van der Waals surface area contributed by atoms with E-state index in [1.54, 1.807) is 6.92 Å². The summed E-state index contributed by atoms with van der Waals surface area (Å²) in [5.74, 6) is -0.517. The lowest BCUT2D eigenvalue weighted by molar-refractivity contribution is -0.137. The second-order valence-electron chi connectivity index (χ2n) is 6.41. The van der Waals surface area contributed by atoms with Crippen LogP contribution in [-0.2, 0) is 9.53 Å². The van der Waals surface area contributed by atoms with E-state index >= 15 is 0 Å². The van der Waals surface area contributed by atoms with Gasteiger partial charge in [0.25, 0.3) is 0 Å². The molecule has 1 saturated heterocycles. The van der Waals surface area contributed by atoms with Crippen LogP contribution in [0.5, 0.6) is 0 Å². The van der Waals surface area contributed by atoms with Crippen molar-refractivity contribution in [1.29, 1.82) is 0 Å². The van der Waals surface area contributed by atoms with Gasteiger partial charge in [0.15, 0.2) is 0 Å². The molecule has 3 rings (SSSR count). The third-order valence-corrected chi connectivity index (χ3v) is 5.08. The Labute approximate surface area is 112 Å². The molecule has 0 aromatic carbocycles. The van der Waals surface area contributed by atoms with Gasteiger partial charge < -0.3 is 14.9 Å². The van der Waals surface area contributed by atoms with E-state index in [1.165, 1.54) is 0 Å². The highest BCUT2D eigenvalue weighted by molar-refractivity contribution is 5.91. The van der Waals surface area contributed by atoms with Crippen molar-refractivity contribution in [2.75, 3.05) is 0 Å². The predicted molar refractivity (Wildman–Crippen MR) is 69.1 cm³/mol. The number of rotatable bonds is 0. The summed E-state index contributed by atoms with van der Waals surface area (Å²) in [4.78, 5) is 11.6. The van der Waals surface area contributed by atoms with Crippen molar-refractivity contribution in [3.8, 4) is 0 Å². The van der Waals surface area contributed by atoms with Crippen molar-refractivity contribution in [1.82, 2.24) is 0 Å². The summed E-state index contributed by atoms with van der Waals surface area (Å²) in [5, 5.41) is 20.7. The smallest absolute Gasteiger partial charge is 0.334 e. The number of aliphatic hydroxyl groups is 2. The van der Waals surface area contributed by atoms with Crippen LogP contribution in [0.3, 0.4) is 0 Å². The standard InChI is InChI=1S/C15H20O4/c1-7-4-12-9(8(2)14(17)19-12)5-10-13(7)11(16)6-15(10,3)18/h4,9-13,16,18H,2,5-6H2,1,3H3/t9-,10+,11-,12-,13+,15+/m0/s1. The zero-order valence-corrected chi connectivity index (χ0v) is 11.3. The predicted octanol–water partition coefficient (Wildman–Crippen LogP) is 1.18. The summed E-state index contributed by atoms with van der Waals surface area (Å²) in [6, 6.07) is 0. The fourth-order valence-corrected chi connectivity index (χ4v) is 4.08. The summed E-state index contributed by atoms with van der Waals surface area (Å²) in [6.45, 7) is 7.54. The summed E-state index contributed by atoms with van der Waals surface area (Å²) < 4.78 is 5.32. The Morgan fingerprint density at radius 2 is 2.21 bits per heavy atom. The van der Waals surface area contributed by atoms with Gasteiger partial charge in [-0.1, -0.05) is 12.2 Å². The third-order valence-electron chi connectivity index (χ3n) is 5.08. The Hall–Kier alpha value is -1.13. The zero-order chi connectivity index (χ0) is 13.9. The minimum absolute atomic E-state index is 0.0490. The topological polar surface area (TPSA) is 66.8 Å². The van der Waals surface area contributed by atoms with Crippen LogP contribution in [-0.4, -0.2) is 34.0 Å². The van der Waals surface area contributed by atoms with Gasteiger partial charge in [0.2, 0.25) is 0 Å². The van der Waals surface area contributed by atoms with Crippen LogP contribution in [0.4, 0.5) is 0 Å². The van der Waals surface area contributed by atoms with Gasteiger partial charge in [-0.2, -0.15) is 0 Å². The lowest BCUT2D eigenvalue weighted by Crippen LogP contribution is -2.33. The quantitative estimate of drug-likeness (QED) is 0.392. The van der Waals surface area contributed by atoms with Crippen molar-refractivity contribution < 1.29 is 19.7 Å². The molecule has 0 bridgehead atoms. The molecule has 1 heterocycles. The van der Waals surface area contributed by atoms with Gasteiger partial charge in [-0.05, 0) is 32.3 Å². The van der Waals surface area contributed by atoms with Gasteiger partial charge in [-0.25, -0.2) is 4.79 Å². The molecular formula is C15H20O4. The molecule has 3 aliphatic rings. The molecular weight excluding hydrogens is 244 g/mol. The fraction of sp³-hybridized carbons (Fsp3) is 0.667. The van der Waals surface area contributed by atoms with Crippen LogP contribution in [0, 0.1) is 17.8 Å². The highest BCUT2D eigenvalue weighted by Gasteiger charge is 2.54. The fourth-order valence-electron chi connectivity index (χ4n) is 4.08. The van der Waals surface area contributed by atoms with Crippen LogP contribution in [0.2, 0.25) is 0 Å². The van der Waals surface area contributed by atoms with E-state index in [0.29, 0.717) is 18.4 Å². The number of hydrogen-bond acceptors (Lipinski definition) is 4. The first kappa shape index (κ1) is 12.9. The molecule has 0 amide bonds. The third kappa shape index (κ3) is 1.77. The van der Waals surface area contributed by atoms with Crippen LogP contribution in [0.25, 0.3) is 0 Å². The van der Waals surface area contributed by atoms with E-state index < -0.39 is 11.7 Å². The Morgan fingerprint density at radius 1 is 1.53 bits per heavy atom. The van der Waals surface area contributed by atoms with E-state index in [0.717, 1.165) is 5.57 Å². The van der Waals surface area contributed by atoms with Gasteiger partial charge in [0.05, 0.1) is 11.7 Å². The van der Waals surface area contributed by atoms with E-state index in [9.17, 15) is 15.0 Å². The molecule has 6 atom stereocenters. The number of hydrogen-bond donors (Lipinski definition) is 2. The highest BCUT2D eigenvalue weighted by Crippen LogP contribution is 2.51. The Kier molecular flexibility index (Phi) is 2.67. The largest absolute Gasteiger partial charge is 0.454 e. The first-order chi connectivity index (χ1) is 8.81. The monoisotopic (exact) mass is 264 g/mol. The maximum Gasteiger partial charge on any atom is 0.334 e.